The maximum Gasteiger partial charge on any atom is 0.318 e. The summed E-state index contributed by atoms with van der Waals surface area (Å²) in [5.74, 6) is 0.0683. The quantitative estimate of drug-likeness (QED) is 0.760. The molecule has 4 N–H and O–H groups in total. The van der Waals surface area contributed by atoms with Crippen LogP contribution in [0.4, 0.5) is 4.79 Å². The lowest BCUT2D eigenvalue weighted by atomic mass is 10.1. The van der Waals surface area contributed by atoms with Crippen LogP contribution in [0.3, 0.4) is 0 Å². The van der Waals surface area contributed by atoms with E-state index in [4.69, 9.17) is 10.5 Å². The van der Waals surface area contributed by atoms with Crippen LogP contribution in [0.2, 0.25) is 0 Å². The van der Waals surface area contributed by atoms with E-state index < -0.39 is 18.0 Å². The largest absolute Gasteiger partial charge is 0.481 e. The molecule has 0 spiro atoms. The highest BCUT2D eigenvalue weighted by Gasteiger charge is 2.22. The summed E-state index contributed by atoms with van der Waals surface area (Å²) in [7, 11) is 1.94. The first-order valence-corrected chi connectivity index (χ1v) is 6.58. The molecule has 2 rings (SSSR count). The molecule has 6 nitrogen and oxygen atoms in total. The molecule has 2 atom stereocenters. The van der Waals surface area contributed by atoms with Gasteiger partial charge in [-0.2, -0.15) is 0 Å². The number of rotatable bonds is 4. The van der Waals surface area contributed by atoms with E-state index in [0.717, 1.165) is 12.8 Å². The third-order valence-electron chi connectivity index (χ3n) is 3.47. The molecule has 20 heavy (non-hydrogen) atoms. The molecule has 0 bridgehead atoms. The highest BCUT2D eigenvalue weighted by Crippen LogP contribution is 2.33. The highest BCUT2D eigenvalue weighted by atomic mass is 16.5. The molecule has 0 aliphatic heterocycles. The van der Waals surface area contributed by atoms with Gasteiger partial charge in [-0.05, 0) is 50.1 Å². The van der Waals surface area contributed by atoms with Gasteiger partial charge in [-0.3, -0.25) is 10.1 Å². The summed E-state index contributed by atoms with van der Waals surface area (Å²) in [5.41, 5.74) is 7.39. The number of imide groups is 1. The molecule has 0 radical (unpaired) electrons. The molecule has 1 aromatic carbocycles. The molecule has 0 saturated heterocycles. The van der Waals surface area contributed by atoms with Gasteiger partial charge in [0.1, 0.15) is 5.75 Å². The van der Waals surface area contributed by atoms with Gasteiger partial charge in [0.2, 0.25) is 0 Å². The Balaban J connectivity index is 2.04. The van der Waals surface area contributed by atoms with E-state index in [1.54, 1.807) is 6.92 Å². The summed E-state index contributed by atoms with van der Waals surface area (Å²) in [6.45, 7) is 1.57. The average Bonchev–Trinajstić information content (AvgIpc) is 2.80. The Bertz CT molecular complexity index is 530. The summed E-state index contributed by atoms with van der Waals surface area (Å²) in [5, 5.41) is 5.26. The van der Waals surface area contributed by atoms with Crippen LogP contribution >= 0.6 is 0 Å². The first kappa shape index (κ1) is 14.3. The molecule has 108 valence electrons. The number of urea groups is 1. The van der Waals surface area contributed by atoms with Gasteiger partial charge in [-0.15, -0.1) is 0 Å². The first-order valence-electron chi connectivity index (χ1n) is 6.58. The van der Waals surface area contributed by atoms with E-state index in [0.29, 0.717) is 11.8 Å². The number of benzene rings is 1. The van der Waals surface area contributed by atoms with Gasteiger partial charge in [0.05, 0.1) is 0 Å². The van der Waals surface area contributed by atoms with E-state index >= 15 is 0 Å². The Morgan fingerprint density at radius 1 is 1.45 bits per heavy atom. The van der Waals surface area contributed by atoms with Crippen LogP contribution in [-0.4, -0.2) is 25.1 Å². The fourth-order valence-electron chi connectivity index (χ4n) is 2.45. The molecule has 1 aliphatic carbocycles. The Hall–Kier alpha value is -2.08. The smallest absolute Gasteiger partial charge is 0.318 e. The molecule has 6 heteroatoms. The Kier molecular flexibility index (Phi) is 4.24. The van der Waals surface area contributed by atoms with E-state index in [1.807, 2.05) is 30.6 Å². The first-order chi connectivity index (χ1) is 9.51. The van der Waals surface area contributed by atoms with Crippen LogP contribution in [0.25, 0.3) is 0 Å². The van der Waals surface area contributed by atoms with Crippen LogP contribution in [0, 0.1) is 0 Å². The average molecular weight is 277 g/mol. The van der Waals surface area contributed by atoms with Gasteiger partial charge in [-0.1, -0.05) is 6.07 Å². The second-order valence-electron chi connectivity index (χ2n) is 4.85. The van der Waals surface area contributed by atoms with Gasteiger partial charge >= 0.3 is 6.03 Å². The molecule has 1 aromatic rings. The van der Waals surface area contributed by atoms with E-state index in [1.165, 1.54) is 11.1 Å². The molecular formula is C14H19N3O3. The predicted molar refractivity (Wildman–Crippen MR) is 74.4 cm³/mol. The SMILES string of the molecule is CNC1CCc2cc(OC(C)C(=O)NC(N)=O)ccc21. The number of aryl methyl sites for hydroxylation is 1. The molecule has 3 amide bonds. The maximum atomic E-state index is 11.5. The summed E-state index contributed by atoms with van der Waals surface area (Å²) in [6.07, 6.45) is 1.27. The van der Waals surface area contributed by atoms with Crippen molar-refractivity contribution in [2.75, 3.05) is 7.05 Å². The van der Waals surface area contributed by atoms with Crippen molar-refractivity contribution in [3.8, 4) is 5.75 Å². The van der Waals surface area contributed by atoms with E-state index in [2.05, 4.69) is 5.32 Å². The second-order valence-corrected chi connectivity index (χ2v) is 4.85. The second kappa shape index (κ2) is 5.92. The number of fused-ring (bicyclic) bond motifs is 1. The summed E-state index contributed by atoms with van der Waals surface area (Å²) >= 11 is 0. The fraction of sp³-hybridized carbons (Fsp3) is 0.429. The third-order valence-corrected chi connectivity index (χ3v) is 3.47. The van der Waals surface area contributed by atoms with Crippen molar-refractivity contribution in [1.82, 2.24) is 10.6 Å². The van der Waals surface area contributed by atoms with Gasteiger partial charge in [-0.25, -0.2) is 4.79 Å². The number of nitrogens with two attached hydrogens (primary N) is 1. The van der Waals surface area contributed by atoms with Gasteiger partial charge in [0, 0.05) is 6.04 Å². The Labute approximate surface area is 117 Å². The predicted octanol–water partition coefficient (Wildman–Crippen LogP) is 0.855. The minimum absolute atomic E-state index is 0.384. The molecular weight excluding hydrogens is 258 g/mol. The van der Waals surface area contributed by atoms with Crippen molar-refractivity contribution in [2.45, 2.75) is 31.9 Å². The van der Waals surface area contributed by atoms with Gasteiger partial charge in [0.25, 0.3) is 5.91 Å². The topological polar surface area (TPSA) is 93.4 Å². The van der Waals surface area contributed by atoms with E-state index in [9.17, 15) is 9.59 Å². The standard InChI is InChI=1S/C14H19N3O3/c1-8(13(18)17-14(15)19)20-10-4-5-11-9(7-10)3-6-12(11)16-2/h4-5,7-8,12,16H,3,6H2,1-2H3,(H3,15,17,18,19). The zero-order chi connectivity index (χ0) is 14.7. The van der Waals surface area contributed by atoms with Crippen LogP contribution in [0.5, 0.6) is 5.75 Å². The van der Waals surface area contributed by atoms with Crippen molar-refractivity contribution >= 4 is 11.9 Å². The highest BCUT2D eigenvalue weighted by molar-refractivity contribution is 5.95. The Morgan fingerprint density at radius 2 is 2.20 bits per heavy atom. The number of hydrogen-bond acceptors (Lipinski definition) is 4. The van der Waals surface area contributed by atoms with Crippen LogP contribution in [0.15, 0.2) is 18.2 Å². The van der Waals surface area contributed by atoms with Crippen molar-refractivity contribution in [1.29, 1.82) is 0 Å². The number of carbonyl (C=O) groups is 2. The van der Waals surface area contributed by atoms with Crippen LogP contribution < -0.4 is 21.1 Å². The molecule has 0 fully saturated rings. The zero-order valence-electron chi connectivity index (χ0n) is 11.6. The lowest BCUT2D eigenvalue weighted by molar-refractivity contribution is -0.126. The molecule has 0 saturated carbocycles. The van der Waals surface area contributed by atoms with Crippen molar-refractivity contribution in [2.24, 2.45) is 5.73 Å². The molecule has 2 unspecified atom stereocenters. The summed E-state index contributed by atoms with van der Waals surface area (Å²) in [6, 6.07) is 5.30. The molecule has 1 aliphatic rings. The number of carbonyl (C=O) groups excluding carboxylic acids is 2. The van der Waals surface area contributed by atoms with Gasteiger partial charge < -0.3 is 15.8 Å². The monoisotopic (exact) mass is 277 g/mol. The van der Waals surface area contributed by atoms with Crippen molar-refractivity contribution in [3.63, 3.8) is 0 Å². The number of amides is 3. The third kappa shape index (κ3) is 3.08. The number of ether oxygens (including phenoxy) is 1. The van der Waals surface area contributed by atoms with E-state index in [-0.39, 0.29) is 0 Å². The van der Waals surface area contributed by atoms with Gasteiger partial charge in [0.15, 0.2) is 6.10 Å². The zero-order valence-corrected chi connectivity index (χ0v) is 11.6. The number of hydrogen-bond donors (Lipinski definition) is 3. The van der Waals surface area contributed by atoms with Crippen LogP contribution in [-0.2, 0) is 11.2 Å². The Morgan fingerprint density at radius 3 is 2.85 bits per heavy atom. The summed E-state index contributed by atoms with van der Waals surface area (Å²) < 4.78 is 5.53. The summed E-state index contributed by atoms with van der Waals surface area (Å²) in [4.78, 5) is 22.2. The van der Waals surface area contributed by atoms with Crippen LogP contribution in [0.1, 0.15) is 30.5 Å². The van der Waals surface area contributed by atoms with Crippen molar-refractivity contribution in [3.05, 3.63) is 29.3 Å². The minimum Gasteiger partial charge on any atom is -0.481 e. The molecule has 0 aromatic heterocycles. The lowest BCUT2D eigenvalue weighted by Crippen LogP contribution is -2.42. The van der Waals surface area contributed by atoms with Crippen molar-refractivity contribution < 1.29 is 14.3 Å². The normalized spacial score (nSPS) is 18.2. The minimum atomic E-state index is -0.878. The fourth-order valence-corrected chi connectivity index (χ4v) is 2.45. The lowest BCUT2D eigenvalue weighted by Gasteiger charge is -2.15. The number of primary amides is 1. The number of nitrogens with one attached hydrogen (secondary N) is 2. The molecule has 0 heterocycles. The maximum absolute atomic E-state index is 11.5.